The first-order valence-corrected chi connectivity index (χ1v) is 6.67. The molecule has 0 atom stereocenters. The third kappa shape index (κ3) is 4.55. The summed E-state index contributed by atoms with van der Waals surface area (Å²) in [5.41, 5.74) is 2.07. The van der Waals surface area contributed by atoms with Crippen molar-refractivity contribution in [3.05, 3.63) is 53.9 Å². The van der Waals surface area contributed by atoms with Gasteiger partial charge in [0.2, 0.25) is 0 Å². The van der Waals surface area contributed by atoms with Gasteiger partial charge in [-0.25, -0.2) is 4.72 Å². The smallest absolute Gasteiger partial charge is 0.145 e. The van der Waals surface area contributed by atoms with Crippen LogP contribution in [0.1, 0.15) is 11.3 Å². The summed E-state index contributed by atoms with van der Waals surface area (Å²) in [6, 6.07) is 11.7. The molecule has 19 heavy (non-hydrogen) atoms. The van der Waals surface area contributed by atoms with E-state index in [0.717, 1.165) is 11.4 Å². The lowest BCUT2D eigenvalue weighted by Crippen LogP contribution is -1.96. The highest BCUT2D eigenvalue weighted by atomic mass is 32.2. The summed E-state index contributed by atoms with van der Waals surface area (Å²) in [5.74, 6) is 1.52. The Labute approximate surface area is 117 Å². The molecule has 1 aromatic carbocycles. The molecule has 0 aliphatic heterocycles. The average Bonchev–Trinajstić information content (AvgIpc) is 2.44. The maximum Gasteiger partial charge on any atom is 0.145 e. The van der Waals surface area contributed by atoms with E-state index in [1.807, 2.05) is 43.3 Å². The van der Waals surface area contributed by atoms with Gasteiger partial charge >= 0.3 is 0 Å². The first-order chi connectivity index (χ1) is 9.28. The number of pyridine rings is 1. The van der Waals surface area contributed by atoms with Gasteiger partial charge in [-0.1, -0.05) is 17.7 Å². The van der Waals surface area contributed by atoms with Crippen LogP contribution in [0.3, 0.4) is 0 Å². The van der Waals surface area contributed by atoms with Crippen molar-refractivity contribution < 1.29 is 8.92 Å². The standard InChI is InChI=1S/C14H16N2O2S/c1-11-3-6-13(7-4-11)18-14-8-5-12(16-9-14)10-17-19-15-2/h3-9,15H,10H2,1-2H3. The van der Waals surface area contributed by atoms with E-state index >= 15 is 0 Å². The highest BCUT2D eigenvalue weighted by Crippen LogP contribution is 2.21. The Bertz CT molecular complexity index is 500. The van der Waals surface area contributed by atoms with Crippen LogP contribution in [0, 0.1) is 6.92 Å². The number of nitrogens with one attached hydrogen (secondary N) is 1. The third-order valence-electron chi connectivity index (χ3n) is 2.40. The zero-order valence-corrected chi connectivity index (χ0v) is 11.7. The summed E-state index contributed by atoms with van der Waals surface area (Å²) in [7, 11) is 1.80. The van der Waals surface area contributed by atoms with Crippen molar-refractivity contribution in [3.8, 4) is 11.5 Å². The molecule has 1 N–H and O–H groups in total. The van der Waals surface area contributed by atoms with Gasteiger partial charge in [-0.05, 0) is 38.2 Å². The van der Waals surface area contributed by atoms with Gasteiger partial charge in [0.15, 0.2) is 0 Å². The Kier molecular flexibility index (Phi) is 5.20. The summed E-state index contributed by atoms with van der Waals surface area (Å²) in [5, 5.41) is 0. The molecule has 0 unspecified atom stereocenters. The molecule has 0 saturated heterocycles. The number of benzene rings is 1. The Morgan fingerprint density at radius 2 is 1.84 bits per heavy atom. The summed E-state index contributed by atoms with van der Waals surface area (Å²) < 4.78 is 13.8. The molecule has 0 spiro atoms. The Balaban J connectivity index is 1.92. The van der Waals surface area contributed by atoms with Crippen LogP contribution >= 0.6 is 12.2 Å². The summed E-state index contributed by atoms with van der Waals surface area (Å²) in [6.45, 7) is 2.50. The van der Waals surface area contributed by atoms with Gasteiger partial charge < -0.3 is 4.74 Å². The maximum absolute atomic E-state index is 5.69. The van der Waals surface area contributed by atoms with Gasteiger partial charge in [-0.2, -0.15) is 0 Å². The molecule has 2 rings (SSSR count). The lowest BCUT2D eigenvalue weighted by Gasteiger charge is -2.06. The second kappa shape index (κ2) is 7.13. The highest BCUT2D eigenvalue weighted by Gasteiger charge is 1.99. The van der Waals surface area contributed by atoms with E-state index in [0.29, 0.717) is 12.4 Å². The van der Waals surface area contributed by atoms with E-state index in [1.54, 1.807) is 13.2 Å². The molecule has 0 aliphatic rings. The van der Waals surface area contributed by atoms with Crippen molar-refractivity contribution in [1.82, 2.24) is 9.71 Å². The number of hydrogen-bond acceptors (Lipinski definition) is 5. The SMILES string of the molecule is CNSOCc1ccc(Oc2ccc(C)cc2)cn1. The minimum absolute atomic E-state index is 0.455. The molecule has 2 aromatic rings. The molecule has 4 nitrogen and oxygen atoms in total. The van der Waals surface area contributed by atoms with Crippen molar-refractivity contribution in [1.29, 1.82) is 0 Å². The number of hydrogen-bond donors (Lipinski definition) is 1. The predicted octanol–water partition coefficient (Wildman–Crippen LogP) is 3.48. The summed E-state index contributed by atoms with van der Waals surface area (Å²) >= 11 is 1.19. The quantitative estimate of drug-likeness (QED) is 0.497. The van der Waals surface area contributed by atoms with Crippen molar-refractivity contribution in [2.75, 3.05) is 7.05 Å². The Morgan fingerprint density at radius 3 is 2.47 bits per heavy atom. The van der Waals surface area contributed by atoms with Crippen LogP contribution in [-0.4, -0.2) is 12.0 Å². The summed E-state index contributed by atoms with van der Waals surface area (Å²) in [6.07, 6.45) is 1.70. The molecule has 100 valence electrons. The van der Waals surface area contributed by atoms with Gasteiger partial charge in [0, 0.05) is 0 Å². The molecule has 0 aliphatic carbocycles. The van der Waals surface area contributed by atoms with E-state index in [2.05, 4.69) is 9.71 Å². The van der Waals surface area contributed by atoms with Crippen LogP contribution in [0.15, 0.2) is 42.6 Å². The van der Waals surface area contributed by atoms with Crippen molar-refractivity contribution in [2.24, 2.45) is 0 Å². The van der Waals surface area contributed by atoms with Gasteiger partial charge in [-0.15, -0.1) is 0 Å². The number of aromatic nitrogens is 1. The summed E-state index contributed by atoms with van der Waals surface area (Å²) in [4.78, 5) is 4.27. The predicted molar refractivity (Wildman–Crippen MR) is 76.9 cm³/mol. The highest BCUT2D eigenvalue weighted by molar-refractivity contribution is 7.92. The van der Waals surface area contributed by atoms with Gasteiger partial charge in [0.25, 0.3) is 0 Å². The molecule has 0 amide bonds. The largest absolute Gasteiger partial charge is 0.456 e. The lowest BCUT2D eigenvalue weighted by atomic mass is 10.2. The molecule has 0 saturated carbocycles. The average molecular weight is 276 g/mol. The molecule has 1 heterocycles. The number of nitrogens with zero attached hydrogens (tertiary/aromatic N) is 1. The number of ether oxygens (including phenoxy) is 1. The molecule has 0 bridgehead atoms. The fourth-order valence-corrected chi connectivity index (χ4v) is 1.75. The zero-order chi connectivity index (χ0) is 13.5. The van der Waals surface area contributed by atoms with Crippen LogP contribution in [0.2, 0.25) is 0 Å². The minimum Gasteiger partial charge on any atom is -0.456 e. The molecular weight excluding hydrogens is 260 g/mol. The monoisotopic (exact) mass is 276 g/mol. The van der Waals surface area contributed by atoms with Crippen LogP contribution in [0.25, 0.3) is 0 Å². The fourth-order valence-electron chi connectivity index (χ4n) is 1.45. The van der Waals surface area contributed by atoms with E-state index in [9.17, 15) is 0 Å². The minimum atomic E-state index is 0.455. The Morgan fingerprint density at radius 1 is 1.11 bits per heavy atom. The van der Waals surface area contributed by atoms with Gasteiger partial charge in [0.1, 0.15) is 18.1 Å². The van der Waals surface area contributed by atoms with E-state index in [4.69, 9.17) is 8.92 Å². The Hall–Kier alpha value is -1.56. The maximum atomic E-state index is 5.69. The van der Waals surface area contributed by atoms with Crippen molar-refractivity contribution in [2.45, 2.75) is 13.5 Å². The molecular formula is C14H16N2O2S. The van der Waals surface area contributed by atoms with Crippen LogP contribution in [-0.2, 0) is 10.8 Å². The molecule has 0 fully saturated rings. The second-order valence-corrected chi connectivity index (χ2v) is 4.76. The molecule has 0 radical (unpaired) electrons. The number of rotatable bonds is 6. The third-order valence-corrected chi connectivity index (χ3v) is 2.81. The topological polar surface area (TPSA) is 43.4 Å². The normalized spacial score (nSPS) is 10.4. The molecule has 1 aromatic heterocycles. The van der Waals surface area contributed by atoms with E-state index in [1.165, 1.54) is 17.8 Å². The van der Waals surface area contributed by atoms with Crippen molar-refractivity contribution >= 4 is 12.2 Å². The van der Waals surface area contributed by atoms with Crippen LogP contribution in [0.4, 0.5) is 0 Å². The first-order valence-electron chi connectivity index (χ1n) is 5.92. The van der Waals surface area contributed by atoms with E-state index in [-0.39, 0.29) is 0 Å². The van der Waals surface area contributed by atoms with Crippen LogP contribution < -0.4 is 9.46 Å². The lowest BCUT2D eigenvalue weighted by molar-refractivity contribution is 0.354. The van der Waals surface area contributed by atoms with Gasteiger partial charge in [0.05, 0.1) is 24.1 Å². The second-order valence-electron chi connectivity index (χ2n) is 3.95. The fraction of sp³-hybridized carbons (Fsp3) is 0.214. The van der Waals surface area contributed by atoms with Crippen LogP contribution in [0.5, 0.6) is 11.5 Å². The van der Waals surface area contributed by atoms with Gasteiger partial charge in [-0.3, -0.25) is 9.17 Å². The van der Waals surface area contributed by atoms with E-state index < -0.39 is 0 Å². The van der Waals surface area contributed by atoms with Crippen molar-refractivity contribution in [3.63, 3.8) is 0 Å². The first kappa shape index (κ1) is 13.9. The molecule has 5 heteroatoms. The number of aryl methyl sites for hydroxylation is 1. The zero-order valence-electron chi connectivity index (χ0n) is 10.9.